The fraction of sp³-hybridized carbons (Fsp3) is 0.100. The molecule has 4 aromatic rings. The van der Waals surface area contributed by atoms with E-state index in [4.69, 9.17) is 4.74 Å². The maximum Gasteiger partial charge on any atom is 0.262 e. The summed E-state index contributed by atoms with van der Waals surface area (Å²) in [6, 6.07) is 31.5. The normalized spacial score (nSPS) is 12.3. The maximum absolute atomic E-state index is 13.1. The highest BCUT2D eigenvalue weighted by Crippen LogP contribution is 2.30. The van der Waals surface area contributed by atoms with E-state index in [9.17, 15) is 14.4 Å². The van der Waals surface area contributed by atoms with Crippen LogP contribution in [-0.4, -0.2) is 30.9 Å². The van der Waals surface area contributed by atoms with Crippen LogP contribution in [0.1, 0.15) is 21.5 Å². The Balaban J connectivity index is 1.20. The molecule has 7 heteroatoms. The van der Waals surface area contributed by atoms with Crippen LogP contribution in [0.3, 0.4) is 0 Å². The molecule has 0 saturated heterocycles. The second-order valence-corrected chi connectivity index (χ2v) is 8.64. The van der Waals surface area contributed by atoms with E-state index in [0.717, 1.165) is 11.1 Å². The Morgan fingerprint density at radius 2 is 1.54 bits per heavy atom. The quantitative estimate of drug-likeness (QED) is 0.385. The monoisotopic (exact) mass is 491 g/mol. The molecule has 2 N–H and O–H groups in total. The van der Waals surface area contributed by atoms with Crippen LogP contribution in [0.15, 0.2) is 103 Å². The number of rotatable bonds is 7. The molecule has 7 nitrogen and oxygen atoms in total. The number of benzene rings is 4. The second kappa shape index (κ2) is 10.8. The number of fused-ring (bicyclic) bond motifs is 1. The Morgan fingerprint density at radius 1 is 0.838 bits per heavy atom. The smallest absolute Gasteiger partial charge is 0.262 e. The Bertz CT molecular complexity index is 1430. The first-order valence-electron chi connectivity index (χ1n) is 11.9. The number of nitrogens with zero attached hydrogens (tertiary/aromatic N) is 1. The summed E-state index contributed by atoms with van der Waals surface area (Å²) in [5.41, 5.74) is 4.35. The molecule has 0 aromatic heterocycles. The van der Waals surface area contributed by atoms with Crippen LogP contribution in [0.5, 0.6) is 5.75 Å². The van der Waals surface area contributed by atoms with Crippen LogP contribution in [0, 0.1) is 0 Å². The van der Waals surface area contributed by atoms with Gasteiger partial charge in [0.1, 0.15) is 12.3 Å². The molecule has 4 aromatic carbocycles. The number of anilines is 3. The van der Waals surface area contributed by atoms with Gasteiger partial charge in [0.25, 0.3) is 11.8 Å². The molecule has 0 fully saturated rings. The van der Waals surface area contributed by atoms with E-state index in [1.807, 2.05) is 48.5 Å². The molecule has 0 unspecified atom stereocenters. The predicted octanol–water partition coefficient (Wildman–Crippen LogP) is 4.89. The molecule has 0 atom stereocenters. The molecule has 1 aliphatic rings. The van der Waals surface area contributed by atoms with Crippen LogP contribution >= 0.6 is 0 Å². The molecule has 5 rings (SSSR count). The van der Waals surface area contributed by atoms with Crippen LogP contribution in [0.25, 0.3) is 0 Å². The van der Waals surface area contributed by atoms with E-state index in [2.05, 4.69) is 22.8 Å². The minimum atomic E-state index is -0.310. The van der Waals surface area contributed by atoms with E-state index in [-0.39, 0.29) is 30.9 Å². The summed E-state index contributed by atoms with van der Waals surface area (Å²) in [6.45, 7) is -0.205. The lowest BCUT2D eigenvalue weighted by atomic mass is 10.0. The summed E-state index contributed by atoms with van der Waals surface area (Å²) in [7, 11) is 0. The number of hydrogen-bond acceptors (Lipinski definition) is 4. The summed E-state index contributed by atoms with van der Waals surface area (Å²) < 4.78 is 5.82. The van der Waals surface area contributed by atoms with E-state index in [0.29, 0.717) is 34.8 Å². The first-order valence-corrected chi connectivity index (χ1v) is 11.9. The van der Waals surface area contributed by atoms with Gasteiger partial charge in [-0.2, -0.15) is 0 Å². The summed E-state index contributed by atoms with van der Waals surface area (Å²) in [4.78, 5) is 39.1. The second-order valence-electron chi connectivity index (χ2n) is 8.64. The predicted molar refractivity (Wildman–Crippen MR) is 143 cm³/mol. The average molecular weight is 492 g/mol. The Kier molecular flexibility index (Phi) is 6.94. The Labute approximate surface area is 214 Å². The molecule has 184 valence electrons. The van der Waals surface area contributed by atoms with Gasteiger partial charge in [0, 0.05) is 17.7 Å². The maximum atomic E-state index is 13.1. The number of carbonyl (C=O) groups excluding carboxylic acids is 3. The Morgan fingerprint density at radius 3 is 2.35 bits per heavy atom. The van der Waals surface area contributed by atoms with Crippen molar-refractivity contribution < 1.29 is 19.1 Å². The SMILES string of the molecule is O=C(COc1ccccc1Cc1ccccc1)Nc1ccc(C(=O)N2CC(=O)Nc3ccccc32)cc1. The lowest BCUT2D eigenvalue weighted by Crippen LogP contribution is -2.42. The fourth-order valence-electron chi connectivity index (χ4n) is 4.21. The standard InChI is InChI=1S/C30H25N3O4/c34-28-19-33(26-12-6-5-11-25(26)32-28)30(36)22-14-16-24(17-15-22)31-29(35)20-37-27-13-7-4-10-23(27)18-21-8-2-1-3-9-21/h1-17H,18-20H2,(H,31,35)(H,32,34). The van der Waals surface area contributed by atoms with E-state index in [1.54, 1.807) is 42.5 Å². The van der Waals surface area contributed by atoms with E-state index >= 15 is 0 Å². The third kappa shape index (κ3) is 5.67. The topological polar surface area (TPSA) is 87.7 Å². The molecule has 3 amide bonds. The van der Waals surface area contributed by atoms with Crippen molar-refractivity contribution in [2.24, 2.45) is 0 Å². The zero-order valence-electron chi connectivity index (χ0n) is 20.0. The van der Waals surface area contributed by atoms with Crippen molar-refractivity contribution >= 4 is 34.8 Å². The highest BCUT2D eigenvalue weighted by atomic mass is 16.5. The van der Waals surface area contributed by atoms with Gasteiger partial charge in [-0.3, -0.25) is 19.3 Å². The summed E-state index contributed by atoms with van der Waals surface area (Å²) in [5, 5.41) is 5.57. The number of hydrogen-bond donors (Lipinski definition) is 2. The van der Waals surface area contributed by atoms with Crippen LogP contribution < -0.4 is 20.3 Å². The highest BCUT2D eigenvalue weighted by Gasteiger charge is 2.27. The van der Waals surface area contributed by atoms with E-state index in [1.165, 1.54) is 4.90 Å². The van der Waals surface area contributed by atoms with Crippen molar-refractivity contribution in [2.45, 2.75) is 6.42 Å². The van der Waals surface area contributed by atoms with Gasteiger partial charge in [-0.05, 0) is 53.6 Å². The fourth-order valence-corrected chi connectivity index (χ4v) is 4.21. The van der Waals surface area contributed by atoms with Crippen molar-refractivity contribution in [2.75, 3.05) is 28.7 Å². The number of ether oxygens (including phenoxy) is 1. The number of amides is 3. The van der Waals surface area contributed by atoms with Gasteiger partial charge in [0.05, 0.1) is 11.4 Å². The molecule has 0 spiro atoms. The number of carbonyl (C=O) groups is 3. The summed E-state index contributed by atoms with van der Waals surface area (Å²) in [5.74, 6) is -0.191. The van der Waals surface area contributed by atoms with Gasteiger partial charge in [-0.15, -0.1) is 0 Å². The number of para-hydroxylation sites is 3. The third-order valence-electron chi connectivity index (χ3n) is 6.00. The molecular weight excluding hydrogens is 466 g/mol. The summed E-state index contributed by atoms with van der Waals surface area (Å²) >= 11 is 0. The van der Waals surface area contributed by atoms with Crippen LogP contribution in [-0.2, 0) is 16.0 Å². The van der Waals surface area contributed by atoms with Gasteiger partial charge >= 0.3 is 0 Å². The zero-order valence-corrected chi connectivity index (χ0v) is 20.0. The molecule has 1 heterocycles. The van der Waals surface area contributed by atoms with Gasteiger partial charge in [0.2, 0.25) is 5.91 Å². The lowest BCUT2D eigenvalue weighted by molar-refractivity contribution is -0.118. The molecule has 0 saturated carbocycles. The third-order valence-corrected chi connectivity index (χ3v) is 6.00. The molecule has 0 aliphatic carbocycles. The van der Waals surface area contributed by atoms with Crippen LogP contribution in [0.2, 0.25) is 0 Å². The van der Waals surface area contributed by atoms with Crippen molar-refractivity contribution in [3.05, 3.63) is 120 Å². The molecule has 0 radical (unpaired) electrons. The van der Waals surface area contributed by atoms with Gasteiger partial charge in [0.15, 0.2) is 6.61 Å². The van der Waals surface area contributed by atoms with Gasteiger partial charge in [-0.1, -0.05) is 60.7 Å². The van der Waals surface area contributed by atoms with Gasteiger partial charge < -0.3 is 15.4 Å². The molecule has 0 bridgehead atoms. The zero-order chi connectivity index (χ0) is 25.6. The minimum Gasteiger partial charge on any atom is -0.483 e. The Hall–Kier alpha value is -4.91. The average Bonchev–Trinajstić information content (AvgIpc) is 2.93. The molecular formula is C30H25N3O4. The summed E-state index contributed by atoms with van der Waals surface area (Å²) in [6.07, 6.45) is 0.706. The van der Waals surface area contributed by atoms with Crippen LogP contribution in [0.4, 0.5) is 17.1 Å². The minimum absolute atomic E-state index is 0.0581. The first-order chi connectivity index (χ1) is 18.1. The molecule has 37 heavy (non-hydrogen) atoms. The lowest BCUT2D eigenvalue weighted by Gasteiger charge is -2.29. The van der Waals surface area contributed by atoms with Crippen molar-refractivity contribution in [1.82, 2.24) is 0 Å². The van der Waals surface area contributed by atoms with Gasteiger partial charge in [-0.25, -0.2) is 0 Å². The van der Waals surface area contributed by atoms with E-state index < -0.39 is 0 Å². The molecule has 1 aliphatic heterocycles. The van der Waals surface area contributed by atoms with Crippen molar-refractivity contribution in [3.8, 4) is 5.75 Å². The first kappa shape index (κ1) is 23.8. The van der Waals surface area contributed by atoms with Crippen molar-refractivity contribution in [1.29, 1.82) is 0 Å². The number of nitrogens with one attached hydrogen (secondary N) is 2. The highest BCUT2D eigenvalue weighted by molar-refractivity contribution is 6.15. The largest absolute Gasteiger partial charge is 0.483 e. The van der Waals surface area contributed by atoms with Crippen molar-refractivity contribution in [3.63, 3.8) is 0 Å².